The SMILES string of the molecule is COC1CCN(C2CCS(=O)(=O)C2)C(CN)C1. The van der Waals surface area contributed by atoms with E-state index in [-0.39, 0.29) is 18.2 Å². The van der Waals surface area contributed by atoms with Gasteiger partial charge in [0, 0.05) is 32.3 Å². The van der Waals surface area contributed by atoms with Crippen molar-refractivity contribution >= 4 is 9.84 Å². The van der Waals surface area contributed by atoms with Gasteiger partial charge >= 0.3 is 0 Å². The van der Waals surface area contributed by atoms with Crippen LogP contribution in [0.2, 0.25) is 0 Å². The fourth-order valence-electron chi connectivity index (χ4n) is 3.00. The average Bonchev–Trinajstić information content (AvgIpc) is 2.68. The molecule has 0 aromatic carbocycles. The zero-order chi connectivity index (χ0) is 12.5. The molecule has 2 rings (SSSR count). The minimum absolute atomic E-state index is 0.173. The van der Waals surface area contributed by atoms with Crippen LogP contribution in [0.15, 0.2) is 0 Å². The molecule has 0 spiro atoms. The molecule has 0 amide bonds. The molecule has 0 radical (unpaired) electrons. The van der Waals surface area contributed by atoms with E-state index in [0.717, 1.165) is 25.8 Å². The Labute approximate surface area is 103 Å². The van der Waals surface area contributed by atoms with Gasteiger partial charge in [0.15, 0.2) is 9.84 Å². The van der Waals surface area contributed by atoms with E-state index in [1.54, 1.807) is 7.11 Å². The number of methoxy groups -OCH3 is 1. The first kappa shape index (κ1) is 13.3. The Bertz CT molecular complexity index is 358. The highest BCUT2D eigenvalue weighted by atomic mass is 32.2. The molecule has 0 aromatic heterocycles. The Balaban J connectivity index is 2.01. The molecule has 2 aliphatic rings. The van der Waals surface area contributed by atoms with E-state index >= 15 is 0 Å². The third kappa shape index (κ3) is 2.99. The van der Waals surface area contributed by atoms with E-state index < -0.39 is 9.84 Å². The number of hydrogen-bond acceptors (Lipinski definition) is 5. The summed E-state index contributed by atoms with van der Waals surface area (Å²) < 4.78 is 28.4. The number of rotatable bonds is 3. The van der Waals surface area contributed by atoms with Gasteiger partial charge in [0.1, 0.15) is 0 Å². The number of likely N-dealkylation sites (tertiary alicyclic amines) is 1. The molecule has 2 N–H and O–H groups in total. The van der Waals surface area contributed by atoms with Gasteiger partial charge in [0.05, 0.1) is 17.6 Å². The average molecular weight is 262 g/mol. The molecule has 0 saturated carbocycles. The Morgan fingerprint density at radius 2 is 2.18 bits per heavy atom. The van der Waals surface area contributed by atoms with Crippen LogP contribution in [-0.2, 0) is 14.6 Å². The predicted molar refractivity (Wildman–Crippen MR) is 66.6 cm³/mol. The Morgan fingerprint density at radius 1 is 1.41 bits per heavy atom. The fourth-order valence-corrected chi connectivity index (χ4v) is 4.74. The van der Waals surface area contributed by atoms with Gasteiger partial charge in [-0.05, 0) is 19.3 Å². The summed E-state index contributed by atoms with van der Waals surface area (Å²) in [5.74, 6) is 0.639. The number of ether oxygens (including phenoxy) is 1. The van der Waals surface area contributed by atoms with Crippen LogP contribution in [0.4, 0.5) is 0 Å². The Hall–Kier alpha value is -0.170. The van der Waals surface area contributed by atoms with Crippen molar-refractivity contribution in [3.05, 3.63) is 0 Å². The highest BCUT2D eigenvalue weighted by Gasteiger charge is 2.38. The lowest BCUT2D eigenvalue weighted by Crippen LogP contribution is -2.53. The van der Waals surface area contributed by atoms with E-state index in [1.165, 1.54) is 0 Å². The number of nitrogens with zero attached hydrogens (tertiary/aromatic N) is 1. The summed E-state index contributed by atoms with van der Waals surface area (Å²) >= 11 is 0. The Morgan fingerprint density at radius 3 is 2.71 bits per heavy atom. The van der Waals surface area contributed by atoms with Gasteiger partial charge in [-0.2, -0.15) is 0 Å². The summed E-state index contributed by atoms with van der Waals surface area (Å²) in [5.41, 5.74) is 5.80. The molecule has 2 fully saturated rings. The molecule has 3 unspecified atom stereocenters. The van der Waals surface area contributed by atoms with Crippen LogP contribution in [0.1, 0.15) is 19.3 Å². The summed E-state index contributed by atoms with van der Waals surface area (Å²) in [6, 6.07) is 0.443. The lowest BCUT2D eigenvalue weighted by Gasteiger charge is -2.41. The zero-order valence-electron chi connectivity index (χ0n) is 10.3. The van der Waals surface area contributed by atoms with Crippen LogP contribution >= 0.6 is 0 Å². The topological polar surface area (TPSA) is 72.6 Å². The van der Waals surface area contributed by atoms with E-state index in [1.807, 2.05) is 0 Å². The van der Waals surface area contributed by atoms with Gasteiger partial charge < -0.3 is 10.5 Å². The lowest BCUT2D eigenvalue weighted by molar-refractivity contribution is 0.0000620. The van der Waals surface area contributed by atoms with Gasteiger partial charge in [0.25, 0.3) is 0 Å². The maximum atomic E-state index is 11.5. The molecule has 0 aromatic rings. The first-order chi connectivity index (χ1) is 8.05. The summed E-state index contributed by atoms with van der Waals surface area (Å²) in [6.45, 7) is 1.48. The monoisotopic (exact) mass is 262 g/mol. The summed E-state index contributed by atoms with van der Waals surface area (Å²) in [7, 11) is -1.08. The summed E-state index contributed by atoms with van der Waals surface area (Å²) in [4.78, 5) is 2.29. The van der Waals surface area contributed by atoms with Crippen molar-refractivity contribution in [2.45, 2.75) is 37.5 Å². The second-order valence-electron chi connectivity index (χ2n) is 5.07. The Kier molecular flexibility index (Phi) is 4.07. The van der Waals surface area contributed by atoms with Gasteiger partial charge in [0.2, 0.25) is 0 Å². The minimum atomic E-state index is -2.81. The van der Waals surface area contributed by atoms with Gasteiger partial charge in [-0.1, -0.05) is 0 Å². The van der Waals surface area contributed by atoms with Gasteiger partial charge in [-0.15, -0.1) is 0 Å². The minimum Gasteiger partial charge on any atom is -0.381 e. The first-order valence-electron chi connectivity index (χ1n) is 6.24. The predicted octanol–water partition coefficient (Wildman–Crippen LogP) is -0.388. The quantitative estimate of drug-likeness (QED) is 0.750. The summed E-state index contributed by atoms with van der Waals surface area (Å²) in [5, 5.41) is 0. The number of nitrogens with two attached hydrogens (primary N) is 1. The molecule has 2 heterocycles. The van der Waals surface area contributed by atoms with Crippen molar-refractivity contribution in [1.29, 1.82) is 0 Å². The standard InChI is InChI=1S/C11H22N2O3S/c1-16-11-2-4-13(10(6-11)7-12)9-3-5-17(14,15)8-9/h9-11H,2-8,12H2,1H3. The molecule has 2 saturated heterocycles. The van der Waals surface area contributed by atoms with Crippen molar-refractivity contribution in [2.24, 2.45) is 5.73 Å². The lowest BCUT2D eigenvalue weighted by atomic mass is 9.97. The van der Waals surface area contributed by atoms with E-state index in [0.29, 0.717) is 18.1 Å². The number of hydrogen-bond donors (Lipinski definition) is 1. The third-order valence-electron chi connectivity index (χ3n) is 4.00. The highest BCUT2D eigenvalue weighted by Crippen LogP contribution is 2.26. The van der Waals surface area contributed by atoms with Crippen molar-refractivity contribution in [3.63, 3.8) is 0 Å². The normalized spacial score (nSPS) is 38.4. The molecule has 3 atom stereocenters. The number of piperidine rings is 1. The van der Waals surface area contributed by atoms with Crippen LogP contribution in [0.3, 0.4) is 0 Å². The van der Waals surface area contributed by atoms with Crippen molar-refractivity contribution in [1.82, 2.24) is 4.90 Å². The largest absolute Gasteiger partial charge is 0.381 e. The molecule has 0 bridgehead atoms. The van der Waals surface area contributed by atoms with Crippen LogP contribution < -0.4 is 5.73 Å². The van der Waals surface area contributed by atoms with Crippen molar-refractivity contribution in [2.75, 3.05) is 31.7 Å². The molecule has 5 nitrogen and oxygen atoms in total. The molecule has 17 heavy (non-hydrogen) atoms. The molecular formula is C11H22N2O3S. The molecule has 0 aliphatic carbocycles. The van der Waals surface area contributed by atoms with E-state index in [9.17, 15) is 8.42 Å². The van der Waals surface area contributed by atoms with Crippen LogP contribution in [0.5, 0.6) is 0 Å². The van der Waals surface area contributed by atoms with Crippen molar-refractivity contribution in [3.8, 4) is 0 Å². The molecule has 100 valence electrons. The molecule has 2 aliphatic heterocycles. The van der Waals surface area contributed by atoms with Crippen LogP contribution in [-0.4, -0.2) is 63.2 Å². The van der Waals surface area contributed by atoms with Crippen LogP contribution in [0, 0.1) is 0 Å². The fraction of sp³-hybridized carbons (Fsp3) is 1.00. The second kappa shape index (κ2) is 5.22. The summed E-state index contributed by atoms with van der Waals surface area (Å²) in [6.07, 6.45) is 2.93. The zero-order valence-corrected chi connectivity index (χ0v) is 11.2. The number of sulfone groups is 1. The van der Waals surface area contributed by atoms with Gasteiger partial charge in [-0.25, -0.2) is 8.42 Å². The molecular weight excluding hydrogens is 240 g/mol. The molecule has 6 heteroatoms. The highest BCUT2D eigenvalue weighted by molar-refractivity contribution is 7.91. The van der Waals surface area contributed by atoms with Crippen molar-refractivity contribution < 1.29 is 13.2 Å². The van der Waals surface area contributed by atoms with Crippen LogP contribution in [0.25, 0.3) is 0 Å². The second-order valence-corrected chi connectivity index (χ2v) is 7.30. The van der Waals surface area contributed by atoms with E-state index in [4.69, 9.17) is 10.5 Å². The van der Waals surface area contributed by atoms with Gasteiger partial charge in [-0.3, -0.25) is 4.90 Å². The maximum absolute atomic E-state index is 11.5. The van der Waals surface area contributed by atoms with E-state index in [2.05, 4.69) is 4.90 Å². The third-order valence-corrected chi connectivity index (χ3v) is 5.75. The smallest absolute Gasteiger partial charge is 0.151 e. The first-order valence-corrected chi connectivity index (χ1v) is 8.07. The maximum Gasteiger partial charge on any atom is 0.151 e.